The average Bonchev–Trinajstić information content (AvgIpc) is 2.97. The van der Waals surface area contributed by atoms with Crippen LogP contribution in [0.15, 0.2) is 0 Å². The molecule has 1 amide bonds. The third-order valence-electron chi connectivity index (χ3n) is 3.69. The Kier molecular flexibility index (Phi) is 4.36. The van der Waals surface area contributed by atoms with Gasteiger partial charge in [-0.2, -0.15) is 0 Å². The van der Waals surface area contributed by atoms with E-state index in [1.807, 2.05) is 11.9 Å². The van der Waals surface area contributed by atoms with Gasteiger partial charge in [0.15, 0.2) is 0 Å². The average molecular weight is 226 g/mol. The fourth-order valence-corrected chi connectivity index (χ4v) is 1.49. The molecule has 1 fully saturated rings. The van der Waals surface area contributed by atoms with Gasteiger partial charge in [-0.3, -0.25) is 4.79 Å². The molecule has 1 unspecified atom stereocenters. The van der Waals surface area contributed by atoms with Gasteiger partial charge >= 0.3 is 0 Å². The summed E-state index contributed by atoms with van der Waals surface area (Å²) in [5, 5.41) is 3.26. The normalized spacial score (nSPS) is 18.3. The van der Waals surface area contributed by atoms with Gasteiger partial charge in [-0.1, -0.05) is 27.7 Å². The lowest BCUT2D eigenvalue weighted by Crippen LogP contribution is -2.39. The van der Waals surface area contributed by atoms with E-state index in [9.17, 15) is 4.79 Å². The van der Waals surface area contributed by atoms with E-state index in [1.165, 1.54) is 12.8 Å². The largest absolute Gasteiger partial charge is 0.342 e. The minimum absolute atomic E-state index is 0.226. The van der Waals surface area contributed by atoms with Crippen molar-refractivity contribution in [1.82, 2.24) is 10.2 Å². The molecule has 0 spiro atoms. The summed E-state index contributed by atoms with van der Waals surface area (Å²) in [6, 6.07) is 0.523. The first-order valence-electron chi connectivity index (χ1n) is 6.28. The summed E-state index contributed by atoms with van der Waals surface area (Å²) in [5.41, 5.74) is 0.304. The van der Waals surface area contributed by atoms with Crippen molar-refractivity contribution in [2.45, 2.75) is 46.6 Å². The van der Waals surface area contributed by atoms with Gasteiger partial charge in [0.05, 0.1) is 6.54 Å². The van der Waals surface area contributed by atoms with E-state index in [1.54, 1.807) is 0 Å². The van der Waals surface area contributed by atoms with Gasteiger partial charge in [-0.25, -0.2) is 0 Å². The summed E-state index contributed by atoms with van der Waals surface area (Å²) < 4.78 is 0. The second kappa shape index (κ2) is 5.17. The van der Waals surface area contributed by atoms with Crippen LogP contribution in [0.4, 0.5) is 0 Å². The molecule has 3 heteroatoms. The molecule has 16 heavy (non-hydrogen) atoms. The van der Waals surface area contributed by atoms with E-state index in [0.717, 1.165) is 6.54 Å². The van der Waals surface area contributed by atoms with Gasteiger partial charge in [-0.05, 0) is 30.7 Å². The summed E-state index contributed by atoms with van der Waals surface area (Å²) in [4.78, 5) is 13.6. The minimum Gasteiger partial charge on any atom is -0.342 e. The maximum Gasteiger partial charge on any atom is 0.236 e. The van der Waals surface area contributed by atoms with Gasteiger partial charge in [0, 0.05) is 13.1 Å². The molecule has 3 nitrogen and oxygen atoms in total. The van der Waals surface area contributed by atoms with Crippen molar-refractivity contribution in [2.75, 3.05) is 20.1 Å². The van der Waals surface area contributed by atoms with Crippen molar-refractivity contribution in [3.63, 3.8) is 0 Å². The monoisotopic (exact) mass is 226 g/mol. The lowest BCUT2D eigenvalue weighted by Gasteiger charge is -2.27. The molecule has 0 saturated heterocycles. The highest BCUT2D eigenvalue weighted by Crippen LogP contribution is 2.25. The smallest absolute Gasteiger partial charge is 0.236 e. The lowest BCUT2D eigenvalue weighted by atomic mass is 9.82. The molecule has 1 N–H and O–H groups in total. The Balaban J connectivity index is 2.17. The van der Waals surface area contributed by atoms with Gasteiger partial charge in [0.1, 0.15) is 0 Å². The SMILES string of the molecule is CC(CNCC(=O)N(C)C1CC1)C(C)(C)C. The van der Waals surface area contributed by atoms with Gasteiger partial charge in [-0.15, -0.1) is 0 Å². The molecule has 1 saturated carbocycles. The first-order valence-corrected chi connectivity index (χ1v) is 6.28. The van der Waals surface area contributed by atoms with Crippen LogP contribution < -0.4 is 5.32 Å². The fourth-order valence-electron chi connectivity index (χ4n) is 1.49. The highest BCUT2D eigenvalue weighted by Gasteiger charge is 2.29. The second-order valence-electron chi connectivity index (χ2n) is 6.13. The zero-order valence-corrected chi connectivity index (χ0v) is 11.3. The third-order valence-corrected chi connectivity index (χ3v) is 3.69. The van der Waals surface area contributed by atoms with Crippen LogP contribution in [-0.2, 0) is 4.79 Å². The van der Waals surface area contributed by atoms with E-state index in [2.05, 4.69) is 33.0 Å². The molecule has 0 bridgehead atoms. The summed E-state index contributed by atoms with van der Waals surface area (Å²) in [6.45, 7) is 10.3. The summed E-state index contributed by atoms with van der Waals surface area (Å²) in [7, 11) is 1.91. The zero-order chi connectivity index (χ0) is 12.3. The quantitative estimate of drug-likeness (QED) is 0.776. The molecule has 0 radical (unpaired) electrons. The molecule has 1 rings (SSSR count). The van der Waals surface area contributed by atoms with Crippen LogP contribution in [0.5, 0.6) is 0 Å². The molecule has 1 aliphatic rings. The molecule has 0 aromatic carbocycles. The Morgan fingerprint density at radius 2 is 2.00 bits per heavy atom. The number of carbonyl (C=O) groups is 1. The second-order valence-corrected chi connectivity index (χ2v) is 6.13. The number of carbonyl (C=O) groups excluding carboxylic acids is 1. The molecule has 0 heterocycles. The maximum atomic E-state index is 11.7. The van der Waals surface area contributed by atoms with Crippen LogP contribution in [0, 0.1) is 11.3 Å². The molecule has 0 aromatic rings. The molecule has 1 aliphatic carbocycles. The Bertz CT molecular complexity index is 241. The number of amides is 1. The van der Waals surface area contributed by atoms with Gasteiger partial charge < -0.3 is 10.2 Å². The number of nitrogens with zero attached hydrogens (tertiary/aromatic N) is 1. The van der Waals surface area contributed by atoms with Crippen LogP contribution in [0.2, 0.25) is 0 Å². The number of hydrogen-bond acceptors (Lipinski definition) is 2. The van der Waals surface area contributed by atoms with Crippen molar-refractivity contribution in [1.29, 1.82) is 0 Å². The van der Waals surface area contributed by atoms with E-state index in [4.69, 9.17) is 0 Å². The molecular formula is C13H26N2O. The van der Waals surface area contributed by atoms with Crippen molar-refractivity contribution in [3.05, 3.63) is 0 Å². The van der Waals surface area contributed by atoms with E-state index < -0.39 is 0 Å². The number of hydrogen-bond donors (Lipinski definition) is 1. The molecule has 0 aliphatic heterocycles. The van der Waals surface area contributed by atoms with E-state index in [0.29, 0.717) is 23.9 Å². The molecule has 1 atom stereocenters. The standard InChI is InChI=1S/C13H26N2O/c1-10(13(2,3)4)8-14-9-12(16)15(5)11-6-7-11/h10-11,14H,6-9H2,1-5H3. The molecule has 0 aromatic heterocycles. The highest BCUT2D eigenvalue weighted by atomic mass is 16.2. The number of rotatable bonds is 5. The Morgan fingerprint density at radius 1 is 1.44 bits per heavy atom. The number of nitrogens with one attached hydrogen (secondary N) is 1. The van der Waals surface area contributed by atoms with Gasteiger partial charge in [0.2, 0.25) is 5.91 Å². The summed E-state index contributed by atoms with van der Waals surface area (Å²) in [6.07, 6.45) is 2.36. The van der Waals surface area contributed by atoms with Crippen molar-refractivity contribution >= 4 is 5.91 Å². The minimum atomic E-state index is 0.226. The van der Waals surface area contributed by atoms with Crippen LogP contribution in [-0.4, -0.2) is 37.0 Å². The zero-order valence-electron chi connectivity index (χ0n) is 11.3. The van der Waals surface area contributed by atoms with Crippen molar-refractivity contribution < 1.29 is 4.79 Å². The van der Waals surface area contributed by atoms with Crippen LogP contribution in [0.3, 0.4) is 0 Å². The fraction of sp³-hybridized carbons (Fsp3) is 0.923. The van der Waals surface area contributed by atoms with Crippen LogP contribution in [0.1, 0.15) is 40.5 Å². The van der Waals surface area contributed by atoms with Crippen molar-refractivity contribution in [3.8, 4) is 0 Å². The Hall–Kier alpha value is -0.570. The predicted octanol–water partition coefficient (Wildman–Crippen LogP) is 1.88. The van der Waals surface area contributed by atoms with E-state index >= 15 is 0 Å². The lowest BCUT2D eigenvalue weighted by molar-refractivity contribution is -0.129. The predicted molar refractivity (Wildman–Crippen MR) is 67.3 cm³/mol. The van der Waals surface area contributed by atoms with Crippen molar-refractivity contribution in [2.24, 2.45) is 11.3 Å². The van der Waals surface area contributed by atoms with Crippen LogP contribution >= 0.6 is 0 Å². The van der Waals surface area contributed by atoms with Crippen LogP contribution in [0.25, 0.3) is 0 Å². The molecule has 94 valence electrons. The van der Waals surface area contributed by atoms with Gasteiger partial charge in [0.25, 0.3) is 0 Å². The third kappa shape index (κ3) is 4.12. The molecular weight excluding hydrogens is 200 g/mol. The Morgan fingerprint density at radius 3 is 2.44 bits per heavy atom. The Labute approximate surface area is 99.6 Å². The maximum absolute atomic E-state index is 11.7. The topological polar surface area (TPSA) is 32.3 Å². The number of likely N-dealkylation sites (N-methyl/N-ethyl adjacent to an activating group) is 1. The summed E-state index contributed by atoms with van der Waals surface area (Å²) in [5.74, 6) is 0.801. The first-order chi connectivity index (χ1) is 7.32. The summed E-state index contributed by atoms with van der Waals surface area (Å²) >= 11 is 0. The first kappa shape index (κ1) is 13.5. The van der Waals surface area contributed by atoms with E-state index in [-0.39, 0.29) is 5.91 Å². The highest BCUT2D eigenvalue weighted by molar-refractivity contribution is 5.78.